The minimum Gasteiger partial charge on any atom is -0.447 e. The zero-order valence-electron chi connectivity index (χ0n) is 12.2. The van der Waals surface area contributed by atoms with Gasteiger partial charge >= 0.3 is 0 Å². The molecule has 0 aliphatic carbocycles. The van der Waals surface area contributed by atoms with Gasteiger partial charge in [-0.15, -0.1) is 0 Å². The van der Waals surface area contributed by atoms with E-state index in [1.807, 2.05) is 19.1 Å². The van der Waals surface area contributed by atoms with Crippen LogP contribution in [0.4, 0.5) is 11.6 Å². The number of carbonyl (C=O) groups is 2. The Hall–Kier alpha value is -2.80. The third kappa shape index (κ3) is 3.04. The lowest BCUT2D eigenvalue weighted by Gasteiger charge is -2.30. The summed E-state index contributed by atoms with van der Waals surface area (Å²) in [6, 6.07) is 10.6. The molecule has 0 bridgehead atoms. The van der Waals surface area contributed by atoms with E-state index in [0.717, 1.165) is 5.56 Å². The van der Waals surface area contributed by atoms with Gasteiger partial charge in [0.1, 0.15) is 0 Å². The maximum Gasteiger partial charge on any atom is 0.251 e. The van der Waals surface area contributed by atoms with Crippen LogP contribution in [-0.4, -0.2) is 23.1 Å². The first kappa shape index (κ1) is 15.1. The van der Waals surface area contributed by atoms with E-state index in [-0.39, 0.29) is 5.11 Å². The molecule has 116 valence electrons. The fourth-order valence-electron chi connectivity index (χ4n) is 2.15. The molecule has 23 heavy (non-hydrogen) atoms. The van der Waals surface area contributed by atoms with E-state index < -0.39 is 17.7 Å². The molecule has 3 rings (SSSR count). The van der Waals surface area contributed by atoms with Crippen LogP contribution < -0.4 is 10.2 Å². The molecule has 2 amide bonds. The fourth-order valence-corrected chi connectivity index (χ4v) is 2.45. The van der Waals surface area contributed by atoms with Crippen molar-refractivity contribution in [3.8, 4) is 0 Å². The van der Waals surface area contributed by atoms with Crippen molar-refractivity contribution in [2.75, 3.05) is 4.90 Å². The number of carbonyl (C=O) groups excluding carboxylic acids is 2. The van der Waals surface area contributed by atoms with E-state index in [1.165, 1.54) is 17.4 Å². The molecule has 0 saturated carbocycles. The summed E-state index contributed by atoms with van der Waals surface area (Å²) in [5.41, 5.74) is 1.66. The van der Waals surface area contributed by atoms with E-state index >= 15 is 0 Å². The van der Waals surface area contributed by atoms with Crippen LogP contribution in [0.5, 0.6) is 0 Å². The van der Waals surface area contributed by atoms with Crippen molar-refractivity contribution in [1.82, 2.24) is 5.32 Å². The van der Waals surface area contributed by atoms with Gasteiger partial charge in [0.15, 0.2) is 11.0 Å². The number of furan rings is 1. The third-order valence-corrected chi connectivity index (χ3v) is 3.64. The third-order valence-electron chi connectivity index (χ3n) is 3.35. The van der Waals surface area contributed by atoms with Crippen molar-refractivity contribution in [2.24, 2.45) is 10.9 Å². The number of thiocarbonyl (C=S) groups is 1. The molecule has 2 aromatic rings. The average Bonchev–Trinajstić information content (AvgIpc) is 3.02. The lowest BCUT2D eigenvalue weighted by Crippen LogP contribution is -2.58. The molecule has 1 aliphatic heterocycles. The number of rotatable bonds is 3. The molecule has 1 N–H and O–H groups in total. The van der Waals surface area contributed by atoms with Crippen LogP contribution in [0.1, 0.15) is 5.56 Å². The molecule has 1 aliphatic rings. The molecule has 1 saturated heterocycles. The summed E-state index contributed by atoms with van der Waals surface area (Å²) in [7, 11) is 0. The van der Waals surface area contributed by atoms with Crippen molar-refractivity contribution in [3.05, 3.63) is 48.2 Å². The van der Waals surface area contributed by atoms with E-state index in [2.05, 4.69) is 10.3 Å². The number of nitrogens with zero attached hydrogens (tertiary/aromatic N) is 2. The first-order valence-corrected chi connectivity index (χ1v) is 7.30. The van der Waals surface area contributed by atoms with E-state index in [1.54, 1.807) is 24.3 Å². The quantitative estimate of drug-likeness (QED) is 0.533. The number of amides is 2. The number of benzene rings is 1. The van der Waals surface area contributed by atoms with Crippen LogP contribution in [0.15, 0.2) is 52.1 Å². The van der Waals surface area contributed by atoms with Crippen molar-refractivity contribution in [2.45, 2.75) is 6.92 Å². The van der Waals surface area contributed by atoms with Gasteiger partial charge in [0.05, 0.1) is 12.0 Å². The molecule has 1 aromatic heterocycles. The smallest absolute Gasteiger partial charge is 0.251 e. The molecular weight excluding hydrogens is 314 g/mol. The number of hydrogen-bond donors (Lipinski definition) is 1. The number of aryl methyl sites for hydroxylation is 1. The van der Waals surface area contributed by atoms with Gasteiger partial charge in [-0.2, -0.15) is 0 Å². The summed E-state index contributed by atoms with van der Waals surface area (Å²) >= 11 is 5.12. The summed E-state index contributed by atoms with van der Waals surface area (Å²) < 4.78 is 5.06. The van der Waals surface area contributed by atoms with Gasteiger partial charge in [-0.05, 0) is 37.3 Å². The molecule has 7 heteroatoms. The second kappa shape index (κ2) is 6.13. The Bertz CT molecular complexity index is 781. The van der Waals surface area contributed by atoms with Crippen LogP contribution in [-0.2, 0) is 9.59 Å². The summed E-state index contributed by atoms with van der Waals surface area (Å²) in [4.78, 5) is 30.0. The van der Waals surface area contributed by atoms with Gasteiger partial charge in [0.25, 0.3) is 5.91 Å². The monoisotopic (exact) mass is 327 g/mol. The Kier molecular flexibility index (Phi) is 4.03. The minimum atomic E-state index is -1.06. The van der Waals surface area contributed by atoms with Gasteiger partial charge in [-0.3, -0.25) is 14.5 Å². The molecule has 1 fully saturated rings. The highest BCUT2D eigenvalue weighted by molar-refractivity contribution is 7.80. The summed E-state index contributed by atoms with van der Waals surface area (Å²) in [5.74, 6) is -1.69. The molecule has 0 spiro atoms. The minimum absolute atomic E-state index is 0.0616. The highest BCUT2D eigenvalue weighted by Crippen LogP contribution is 2.21. The standard InChI is InChI=1S/C16H13N3O3S/c1-10-4-6-11(7-5-10)19-15(21)12(14(20)18-16(19)23)9-17-13-3-2-8-22-13/h2-9,12H,1H3,(H,18,20,23)/t12-/m0/s1. The number of nitrogens with one attached hydrogen (secondary N) is 1. The average molecular weight is 327 g/mol. The zero-order valence-corrected chi connectivity index (χ0v) is 13.0. The van der Waals surface area contributed by atoms with Crippen LogP contribution >= 0.6 is 12.2 Å². The Morgan fingerprint density at radius 3 is 2.65 bits per heavy atom. The van der Waals surface area contributed by atoms with Crippen LogP contribution in [0.25, 0.3) is 0 Å². The fraction of sp³-hybridized carbons (Fsp3) is 0.125. The normalized spacial score (nSPS) is 18.6. The second-order valence-electron chi connectivity index (χ2n) is 5.01. The Balaban J connectivity index is 1.89. The summed E-state index contributed by atoms with van der Waals surface area (Å²) in [5, 5.41) is 2.59. The van der Waals surface area contributed by atoms with Gasteiger partial charge in [0.2, 0.25) is 11.8 Å². The second-order valence-corrected chi connectivity index (χ2v) is 5.40. The lowest BCUT2D eigenvalue weighted by molar-refractivity contribution is -0.130. The molecular formula is C16H13N3O3S. The van der Waals surface area contributed by atoms with Crippen molar-refractivity contribution < 1.29 is 14.0 Å². The number of aliphatic imine (C=N–C) groups is 1. The first-order chi connectivity index (χ1) is 11.1. The number of hydrogen-bond acceptors (Lipinski definition) is 5. The Labute approximate surface area is 137 Å². The predicted molar refractivity (Wildman–Crippen MR) is 89.8 cm³/mol. The predicted octanol–water partition coefficient (Wildman–Crippen LogP) is 2.35. The van der Waals surface area contributed by atoms with Gasteiger partial charge in [-0.25, -0.2) is 4.99 Å². The van der Waals surface area contributed by atoms with Crippen LogP contribution in [0.2, 0.25) is 0 Å². The molecule has 6 nitrogen and oxygen atoms in total. The summed E-state index contributed by atoms with van der Waals surface area (Å²) in [6.07, 6.45) is 2.72. The highest BCUT2D eigenvalue weighted by atomic mass is 32.1. The van der Waals surface area contributed by atoms with Gasteiger partial charge < -0.3 is 9.73 Å². The maximum absolute atomic E-state index is 12.6. The van der Waals surface area contributed by atoms with Crippen LogP contribution in [0.3, 0.4) is 0 Å². The first-order valence-electron chi connectivity index (χ1n) is 6.89. The molecule has 1 aromatic carbocycles. The SMILES string of the molecule is Cc1ccc(N2C(=O)[C@@H](C=Nc3ccco3)C(=O)NC2=S)cc1. The molecule has 2 heterocycles. The van der Waals surface area contributed by atoms with Crippen molar-refractivity contribution in [1.29, 1.82) is 0 Å². The largest absolute Gasteiger partial charge is 0.447 e. The summed E-state index contributed by atoms with van der Waals surface area (Å²) in [6.45, 7) is 1.95. The Morgan fingerprint density at radius 1 is 1.26 bits per heavy atom. The van der Waals surface area contributed by atoms with E-state index in [4.69, 9.17) is 16.6 Å². The zero-order chi connectivity index (χ0) is 16.4. The Morgan fingerprint density at radius 2 is 2.00 bits per heavy atom. The number of anilines is 1. The van der Waals surface area contributed by atoms with E-state index in [0.29, 0.717) is 11.6 Å². The van der Waals surface area contributed by atoms with Crippen molar-refractivity contribution in [3.63, 3.8) is 0 Å². The highest BCUT2D eigenvalue weighted by Gasteiger charge is 2.38. The topological polar surface area (TPSA) is 74.9 Å². The molecule has 1 atom stereocenters. The molecule has 0 radical (unpaired) electrons. The lowest BCUT2D eigenvalue weighted by atomic mass is 10.1. The molecule has 0 unspecified atom stereocenters. The van der Waals surface area contributed by atoms with Gasteiger partial charge in [0, 0.05) is 12.3 Å². The maximum atomic E-state index is 12.6. The van der Waals surface area contributed by atoms with Crippen LogP contribution in [0, 0.1) is 12.8 Å². The van der Waals surface area contributed by atoms with Crippen molar-refractivity contribution >= 4 is 46.9 Å². The van der Waals surface area contributed by atoms with Gasteiger partial charge in [-0.1, -0.05) is 17.7 Å². The van der Waals surface area contributed by atoms with E-state index in [9.17, 15) is 9.59 Å².